The number of methoxy groups -OCH3 is 1. The van der Waals surface area contributed by atoms with Gasteiger partial charge in [-0.3, -0.25) is 4.79 Å². The Balaban J connectivity index is 2.30. The molecule has 0 radical (unpaired) electrons. The van der Waals surface area contributed by atoms with Gasteiger partial charge in [-0.15, -0.1) is 0 Å². The van der Waals surface area contributed by atoms with Crippen molar-refractivity contribution in [2.75, 3.05) is 19.1 Å². The fourth-order valence-electron chi connectivity index (χ4n) is 2.43. The molecule has 1 amide bonds. The molecular weight excluding hydrogens is 449 g/mol. The molecule has 0 saturated heterocycles. The number of carbonyl (C=O) groups excluding carboxylic acids is 2. The third-order valence-corrected chi connectivity index (χ3v) is 5.03. The van der Waals surface area contributed by atoms with Crippen molar-refractivity contribution in [3.05, 3.63) is 57.7 Å². The highest BCUT2D eigenvalue weighted by molar-refractivity contribution is 14.1. The second-order valence-electron chi connectivity index (χ2n) is 5.39. The van der Waals surface area contributed by atoms with Gasteiger partial charge in [0.1, 0.15) is 6.04 Å². The second-order valence-corrected chi connectivity index (χ2v) is 7.62. The zero-order chi connectivity index (χ0) is 18.2. The minimum atomic E-state index is -0.646. The molecule has 0 aromatic heterocycles. The SMILES string of the molecule is COC(=O)C(CCSC)NC(=O)c1ccc(I)cc1-c1ccccc1. The predicted molar refractivity (Wildman–Crippen MR) is 111 cm³/mol. The molecule has 1 N–H and O–H groups in total. The van der Waals surface area contributed by atoms with E-state index < -0.39 is 12.0 Å². The van der Waals surface area contributed by atoms with E-state index in [1.54, 1.807) is 17.8 Å². The Morgan fingerprint density at radius 2 is 1.92 bits per heavy atom. The normalized spacial score (nSPS) is 11.6. The second kappa shape index (κ2) is 9.82. The van der Waals surface area contributed by atoms with E-state index in [4.69, 9.17) is 4.74 Å². The average molecular weight is 469 g/mol. The number of hydrogen-bond acceptors (Lipinski definition) is 4. The molecule has 132 valence electrons. The molecule has 0 heterocycles. The van der Waals surface area contributed by atoms with Crippen molar-refractivity contribution in [1.29, 1.82) is 0 Å². The molecule has 1 unspecified atom stereocenters. The molecule has 1 atom stereocenters. The van der Waals surface area contributed by atoms with E-state index in [0.717, 1.165) is 20.4 Å². The Kier molecular flexibility index (Phi) is 7.77. The fourth-order valence-corrected chi connectivity index (χ4v) is 3.40. The quantitative estimate of drug-likeness (QED) is 0.493. The van der Waals surface area contributed by atoms with Gasteiger partial charge < -0.3 is 10.1 Å². The van der Waals surface area contributed by atoms with Crippen LogP contribution in [-0.2, 0) is 9.53 Å². The molecule has 6 heteroatoms. The Hall–Kier alpha value is -1.54. The van der Waals surface area contributed by atoms with Gasteiger partial charge in [0.15, 0.2) is 0 Å². The number of carbonyl (C=O) groups is 2. The molecule has 2 rings (SSSR count). The van der Waals surface area contributed by atoms with Crippen LogP contribution in [0.1, 0.15) is 16.8 Å². The summed E-state index contributed by atoms with van der Waals surface area (Å²) in [5.74, 6) is 0.0686. The number of amides is 1. The van der Waals surface area contributed by atoms with E-state index in [1.807, 2.05) is 48.7 Å². The molecule has 0 aliphatic rings. The van der Waals surface area contributed by atoms with Gasteiger partial charge in [-0.2, -0.15) is 11.8 Å². The number of esters is 1. The van der Waals surface area contributed by atoms with E-state index in [2.05, 4.69) is 27.9 Å². The van der Waals surface area contributed by atoms with Crippen molar-refractivity contribution >= 4 is 46.2 Å². The van der Waals surface area contributed by atoms with Crippen molar-refractivity contribution in [2.45, 2.75) is 12.5 Å². The third-order valence-electron chi connectivity index (χ3n) is 3.71. The first-order chi connectivity index (χ1) is 12.1. The van der Waals surface area contributed by atoms with Gasteiger partial charge in [-0.25, -0.2) is 4.79 Å². The Morgan fingerprint density at radius 1 is 1.20 bits per heavy atom. The van der Waals surface area contributed by atoms with Crippen LogP contribution in [0.4, 0.5) is 0 Å². The highest BCUT2D eigenvalue weighted by atomic mass is 127. The number of ether oxygens (including phenoxy) is 1. The van der Waals surface area contributed by atoms with Crippen LogP contribution in [0.2, 0.25) is 0 Å². The summed E-state index contributed by atoms with van der Waals surface area (Å²) in [4.78, 5) is 24.8. The highest BCUT2D eigenvalue weighted by Gasteiger charge is 2.23. The fraction of sp³-hybridized carbons (Fsp3) is 0.263. The molecular formula is C19H20INO3S. The maximum absolute atomic E-state index is 12.8. The topological polar surface area (TPSA) is 55.4 Å². The summed E-state index contributed by atoms with van der Waals surface area (Å²) in [6.45, 7) is 0. The molecule has 0 spiro atoms. The number of thioether (sulfide) groups is 1. The van der Waals surface area contributed by atoms with Crippen molar-refractivity contribution < 1.29 is 14.3 Å². The number of hydrogen-bond donors (Lipinski definition) is 1. The summed E-state index contributed by atoms with van der Waals surface area (Å²) in [6, 6.07) is 14.7. The van der Waals surface area contributed by atoms with Gasteiger partial charge in [0.25, 0.3) is 5.91 Å². The summed E-state index contributed by atoms with van der Waals surface area (Å²) < 4.78 is 5.86. The molecule has 0 saturated carbocycles. The minimum absolute atomic E-state index is 0.272. The highest BCUT2D eigenvalue weighted by Crippen LogP contribution is 2.26. The van der Waals surface area contributed by atoms with Crippen LogP contribution in [0.3, 0.4) is 0 Å². The first-order valence-electron chi connectivity index (χ1n) is 7.79. The summed E-state index contributed by atoms with van der Waals surface area (Å²) in [6.07, 6.45) is 2.49. The molecule has 2 aromatic rings. The van der Waals surface area contributed by atoms with Crippen LogP contribution < -0.4 is 5.32 Å². The summed E-state index contributed by atoms with van der Waals surface area (Å²) in [7, 11) is 1.33. The number of benzene rings is 2. The molecule has 2 aromatic carbocycles. The van der Waals surface area contributed by atoms with Gasteiger partial charge in [-0.1, -0.05) is 30.3 Å². The Bertz CT molecular complexity index is 737. The summed E-state index contributed by atoms with van der Waals surface area (Å²) in [5.41, 5.74) is 2.35. The average Bonchev–Trinajstić information content (AvgIpc) is 2.64. The van der Waals surface area contributed by atoms with Gasteiger partial charge in [0.2, 0.25) is 0 Å². The Labute approximate surface area is 165 Å². The lowest BCUT2D eigenvalue weighted by Crippen LogP contribution is -2.42. The lowest BCUT2D eigenvalue weighted by Gasteiger charge is -2.17. The molecule has 0 fully saturated rings. The number of nitrogens with one attached hydrogen (secondary N) is 1. The third kappa shape index (κ3) is 5.47. The molecule has 25 heavy (non-hydrogen) atoms. The monoisotopic (exact) mass is 469 g/mol. The molecule has 0 aliphatic heterocycles. The lowest BCUT2D eigenvalue weighted by molar-refractivity contribution is -0.142. The van der Waals surface area contributed by atoms with E-state index in [9.17, 15) is 9.59 Å². The van der Waals surface area contributed by atoms with Crippen molar-refractivity contribution in [3.63, 3.8) is 0 Å². The van der Waals surface area contributed by atoms with Crippen LogP contribution in [-0.4, -0.2) is 37.0 Å². The van der Waals surface area contributed by atoms with Gasteiger partial charge >= 0.3 is 5.97 Å². The van der Waals surface area contributed by atoms with Crippen LogP contribution >= 0.6 is 34.4 Å². The zero-order valence-electron chi connectivity index (χ0n) is 14.1. The van der Waals surface area contributed by atoms with Gasteiger partial charge in [0.05, 0.1) is 7.11 Å². The molecule has 0 bridgehead atoms. The largest absolute Gasteiger partial charge is 0.467 e. The van der Waals surface area contributed by atoms with E-state index >= 15 is 0 Å². The Morgan fingerprint density at radius 3 is 2.56 bits per heavy atom. The van der Waals surface area contributed by atoms with Crippen molar-refractivity contribution in [3.8, 4) is 11.1 Å². The molecule has 4 nitrogen and oxygen atoms in total. The van der Waals surface area contributed by atoms with Gasteiger partial charge in [-0.05, 0) is 70.3 Å². The van der Waals surface area contributed by atoms with Crippen molar-refractivity contribution in [2.24, 2.45) is 0 Å². The number of rotatable bonds is 7. The minimum Gasteiger partial charge on any atom is -0.467 e. The van der Waals surface area contributed by atoms with E-state index in [1.165, 1.54) is 7.11 Å². The molecule has 0 aliphatic carbocycles. The summed E-state index contributed by atoms with van der Waals surface area (Å²) >= 11 is 3.85. The smallest absolute Gasteiger partial charge is 0.328 e. The van der Waals surface area contributed by atoms with Crippen LogP contribution in [0.15, 0.2) is 48.5 Å². The van der Waals surface area contributed by atoms with Gasteiger partial charge in [0, 0.05) is 9.13 Å². The van der Waals surface area contributed by atoms with Crippen LogP contribution in [0.5, 0.6) is 0 Å². The van der Waals surface area contributed by atoms with E-state index in [-0.39, 0.29) is 5.91 Å². The summed E-state index contributed by atoms with van der Waals surface area (Å²) in [5, 5.41) is 2.82. The zero-order valence-corrected chi connectivity index (χ0v) is 17.1. The number of halogens is 1. The maximum Gasteiger partial charge on any atom is 0.328 e. The van der Waals surface area contributed by atoms with Crippen LogP contribution in [0, 0.1) is 3.57 Å². The van der Waals surface area contributed by atoms with Crippen molar-refractivity contribution in [1.82, 2.24) is 5.32 Å². The van der Waals surface area contributed by atoms with Crippen LogP contribution in [0.25, 0.3) is 11.1 Å². The first kappa shape index (κ1) is 19.8. The predicted octanol–water partition coefficient (Wildman–Crippen LogP) is 3.98. The first-order valence-corrected chi connectivity index (χ1v) is 10.3. The maximum atomic E-state index is 12.8. The van der Waals surface area contributed by atoms with E-state index in [0.29, 0.717) is 12.0 Å². The lowest BCUT2D eigenvalue weighted by atomic mass is 9.99. The standard InChI is InChI=1S/C19H20INO3S/c1-24-19(23)17(10-11-25-2)21-18(22)15-9-8-14(20)12-16(15)13-6-4-3-5-7-13/h3-9,12,17H,10-11H2,1-2H3,(H,21,22).